The van der Waals surface area contributed by atoms with Gasteiger partial charge in [-0.25, -0.2) is 0 Å². The largest absolute Gasteiger partial charge is 0.394 e. The number of amides is 1. The lowest BCUT2D eigenvalue weighted by molar-refractivity contribution is -0.298. The number of carbonyl (C=O) groups excluding carboxylic acids is 1. The zero-order valence-electron chi connectivity index (χ0n) is 21.4. The molecule has 0 aliphatic carbocycles. The maximum atomic E-state index is 13.1. The highest BCUT2D eigenvalue weighted by Gasteiger charge is 2.51. The predicted octanol–water partition coefficient (Wildman–Crippen LogP) is 0.722. The molecule has 10 nitrogen and oxygen atoms in total. The van der Waals surface area contributed by atoms with Gasteiger partial charge in [0.1, 0.15) is 6.10 Å². The summed E-state index contributed by atoms with van der Waals surface area (Å²) in [6.45, 7) is 11.4. The SMILES string of the molecule is C=C1C[C@](OC)([C@H](O)C(=O)N[C@@H](OC)[C@@H]2C[C@@H](O)C(C)(C)[C@@H](CC(CO)OC)O2)O[C@H](C)[C@@H]1C. The zero-order chi connectivity index (χ0) is 25.8. The van der Waals surface area contributed by atoms with E-state index in [1.54, 1.807) is 0 Å². The minimum Gasteiger partial charge on any atom is -0.394 e. The Bertz CT molecular complexity index is 698. The van der Waals surface area contributed by atoms with Gasteiger partial charge < -0.3 is 44.3 Å². The number of hydrogen-bond donors (Lipinski definition) is 4. The first-order chi connectivity index (χ1) is 15.9. The summed E-state index contributed by atoms with van der Waals surface area (Å²) in [5.74, 6) is -2.28. The number of rotatable bonds is 10. The Hall–Kier alpha value is -1.11. The molecule has 0 aromatic heterocycles. The molecule has 1 amide bonds. The molecule has 2 saturated heterocycles. The van der Waals surface area contributed by atoms with E-state index < -0.39 is 53.9 Å². The van der Waals surface area contributed by atoms with Crippen molar-refractivity contribution in [2.45, 2.75) is 95.6 Å². The summed E-state index contributed by atoms with van der Waals surface area (Å²) in [6, 6.07) is 0. The number of hydrogen-bond acceptors (Lipinski definition) is 9. The standard InChI is InChI=1S/C24H43NO9/c1-13-11-24(32-8,34-15(3)14(13)2)20(28)21(29)25-22(31-7)17-10-18(27)23(4,5)19(33-17)9-16(12-26)30-6/h14-20,22,26-28H,1,9-12H2,2-8H3,(H,25,29)/t14-,15-,16?,17+,18-,19-,20-,22+,24-/m1/s1. The first kappa shape index (κ1) is 29.1. The highest BCUT2D eigenvalue weighted by molar-refractivity contribution is 5.82. The molecule has 1 unspecified atom stereocenters. The minimum atomic E-state index is -1.66. The van der Waals surface area contributed by atoms with Gasteiger partial charge in [-0.3, -0.25) is 4.79 Å². The molecule has 2 fully saturated rings. The first-order valence-electron chi connectivity index (χ1n) is 11.8. The number of aliphatic hydroxyl groups excluding tert-OH is 3. The summed E-state index contributed by atoms with van der Waals surface area (Å²) < 4.78 is 28.4. The van der Waals surface area contributed by atoms with Gasteiger partial charge in [0.15, 0.2) is 12.3 Å². The van der Waals surface area contributed by atoms with Crippen LogP contribution in [-0.2, 0) is 28.5 Å². The highest BCUT2D eigenvalue weighted by Crippen LogP contribution is 2.40. The molecule has 2 rings (SSSR count). The summed E-state index contributed by atoms with van der Waals surface area (Å²) in [5, 5.41) is 34.0. The van der Waals surface area contributed by atoms with Gasteiger partial charge in [0.2, 0.25) is 5.79 Å². The second-order valence-electron chi connectivity index (χ2n) is 10.0. The van der Waals surface area contributed by atoms with Crippen molar-refractivity contribution in [3.63, 3.8) is 0 Å². The molecule has 2 heterocycles. The number of ether oxygens (including phenoxy) is 5. The van der Waals surface area contributed by atoms with Crippen LogP contribution in [0.3, 0.4) is 0 Å². The van der Waals surface area contributed by atoms with Crippen LogP contribution in [0.5, 0.6) is 0 Å². The van der Waals surface area contributed by atoms with Crippen LogP contribution in [0.2, 0.25) is 0 Å². The second-order valence-corrected chi connectivity index (χ2v) is 10.0. The van der Waals surface area contributed by atoms with E-state index in [4.69, 9.17) is 23.7 Å². The van der Waals surface area contributed by atoms with Crippen LogP contribution in [0.1, 0.15) is 47.0 Å². The van der Waals surface area contributed by atoms with Gasteiger partial charge in [-0.15, -0.1) is 0 Å². The van der Waals surface area contributed by atoms with Crippen LogP contribution < -0.4 is 5.32 Å². The van der Waals surface area contributed by atoms with Crippen LogP contribution in [-0.4, -0.2) is 97.8 Å². The Morgan fingerprint density at radius 3 is 2.41 bits per heavy atom. The minimum absolute atomic E-state index is 0.0533. The van der Waals surface area contributed by atoms with E-state index in [1.165, 1.54) is 21.3 Å². The van der Waals surface area contributed by atoms with Gasteiger partial charge in [-0.2, -0.15) is 0 Å². The molecule has 9 atom stereocenters. The summed E-state index contributed by atoms with van der Waals surface area (Å²) in [7, 11) is 4.28. The summed E-state index contributed by atoms with van der Waals surface area (Å²) >= 11 is 0. The van der Waals surface area contributed by atoms with Crippen molar-refractivity contribution in [1.82, 2.24) is 5.32 Å². The Morgan fingerprint density at radius 2 is 1.91 bits per heavy atom. The van der Waals surface area contributed by atoms with Gasteiger partial charge in [0.25, 0.3) is 5.91 Å². The molecule has 4 N–H and O–H groups in total. The number of aliphatic hydroxyl groups is 3. The molecule has 10 heteroatoms. The smallest absolute Gasteiger partial charge is 0.256 e. The molecule has 0 bridgehead atoms. The molecule has 0 saturated carbocycles. The van der Waals surface area contributed by atoms with Crippen molar-refractivity contribution >= 4 is 5.91 Å². The van der Waals surface area contributed by atoms with Gasteiger partial charge in [-0.05, 0) is 6.92 Å². The fourth-order valence-electron chi connectivity index (χ4n) is 4.60. The van der Waals surface area contributed by atoms with Crippen molar-refractivity contribution in [3.05, 3.63) is 12.2 Å². The summed E-state index contributed by atoms with van der Waals surface area (Å²) in [5.41, 5.74) is 0.198. The molecule has 34 heavy (non-hydrogen) atoms. The van der Waals surface area contributed by atoms with E-state index in [0.717, 1.165) is 5.57 Å². The summed E-state index contributed by atoms with van der Waals surface area (Å²) in [4.78, 5) is 13.1. The molecular weight excluding hydrogens is 446 g/mol. The average Bonchev–Trinajstić information content (AvgIpc) is 2.80. The molecule has 198 valence electrons. The molecule has 0 spiro atoms. The third-order valence-corrected chi connectivity index (χ3v) is 7.59. The van der Waals surface area contributed by atoms with Crippen molar-refractivity contribution in [2.24, 2.45) is 11.3 Å². The Kier molecular flexibility index (Phi) is 10.1. The van der Waals surface area contributed by atoms with E-state index in [9.17, 15) is 20.1 Å². The highest BCUT2D eigenvalue weighted by atomic mass is 16.7. The fraction of sp³-hybridized carbons (Fsp3) is 0.875. The Labute approximate surface area is 202 Å². The van der Waals surface area contributed by atoms with E-state index in [2.05, 4.69) is 11.9 Å². The third kappa shape index (κ3) is 5.99. The number of nitrogens with one attached hydrogen (secondary N) is 1. The van der Waals surface area contributed by atoms with Gasteiger partial charge >= 0.3 is 0 Å². The normalized spacial score (nSPS) is 36.5. The van der Waals surface area contributed by atoms with Crippen molar-refractivity contribution in [3.8, 4) is 0 Å². The van der Waals surface area contributed by atoms with E-state index in [-0.39, 0.29) is 31.5 Å². The average molecular weight is 490 g/mol. The van der Waals surface area contributed by atoms with Crippen LogP contribution in [0, 0.1) is 11.3 Å². The third-order valence-electron chi connectivity index (χ3n) is 7.59. The quantitative estimate of drug-likeness (QED) is 0.258. The second kappa shape index (κ2) is 11.7. The van der Waals surface area contributed by atoms with E-state index in [0.29, 0.717) is 6.42 Å². The van der Waals surface area contributed by atoms with Gasteiger partial charge in [-0.1, -0.05) is 32.9 Å². The topological polar surface area (TPSA) is 136 Å². The fourth-order valence-corrected chi connectivity index (χ4v) is 4.60. The van der Waals surface area contributed by atoms with Crippen molar-refractivity contribution in [2.75, 3.05) is 27.9 Å². The first-order valence-corrected chi connectivity index (χ1v) is 11.8. The van der Waals surface area contributed by atoms with Crippen LogP contribution in [0.25, 0.3) is 0 Å². The predicted molar refractivity (Wildman–Crippen MR) is 124 cm³/mol. The molecule has 0 aromatic carbocycles. The van der Waals surface area contributed by atoms with E-state index >= 15 is 0 Å². The van der Waals surface area contributed by atoms with Gasteiger partial charge in [0.05, 0.1) is 31.0 Å². The maximum absolute atomic E-state index is 13.1. The Balaban J connectivity index is 2.16. The molecule has 0 radical (unpaired) electrons. The van der Waals surface area contributed by atoms with Crippen LogP contribution in [0.15, 0.2) is 12.2 Å². The lowest BCUT2D eigenvalue weighted by atomic mass is 9.74. The van der Waals surface area contributed by atoms with Gasteiger partial charge in [0, 0.05) is 51.9 Å². The summed E-state index contributed by atoms with van der Waals surface area (Å²) in [6.07, 6.45) is -4.61. The molecule has 0 aromatic rings. The number of carbonyl (C=O) groups is 1. The van der Waals surface area contributed by atoms with Crippen LogP contribution >= 0.6 is 0 Å². The lowest BCUT2D eigenvalue weighted by Gasteiger charge is -2.48. The maximum Gasteiger partial charge on any atom is 0.256 e. The molecule has 2 aliphatic rings. The Morgan fingerprint density at radius 1 is 1.26 bits per heavy atom. The lowest BCUT2D eigenvalue weighted by Crippen LogP contribution is -2.62. The molecular formula is C24H43NO9. The monoisotopic (exact) mass is 489 g/mol. The van der Waals surface area contributed by atoms with Crippen LogP contribution in [0.4, 0.5) is 0 Å². The molecule has 2 aliphatic heterocycles. The van der Waals surface area contributed by atoms with E-state index in [1.807, 2.05) is 27.7 Å². The van der Waals surface area contributed by atoms with Crippen molar-refractivity contribution < 1.29 is 43.8 Å². The number of methoxy groups -OCH3 is 3. The zero-order valence-corrected chi connectivity index (χ0v) is 21.4. The van der Waals surface area contributed by atoms with Crippen molar-refractivity contribution in [1.29, 1.82) is 0 Å².